The van der Waals surface area contributed by atoms with Gasteiger partial charge in [0.25, 0.3) is 5.91 Å². The molecule has 0 saturated heterocycles. The van der Waals surface area contributed by atoms with Crippen LogP contribution in [-0.4, -0.2) is 48.4 Å². The maximum Gasteiger partial charge on any atom is 0.257 e. The van der Waals surface area contributed by atoms with Gasteiger partial charge in [-0.05, 0) is 52.7 Å². The molecular weight excluding hydrogens is 406 g/mol. The summed E-state index contributed by atoms with van der Waals surface area (Å²) in [5, 5.41) is 9.28. The van der Waals surface area contributed by atoms with Gasteiger partial charge in [-0.15, -0.1) is 0 Å². The molecule has 5 rings (SSSR count). The van der Waals surface area contributed by atoms with E-state index in [1.54, 1.807) is 25.3 Å². The van der Waals surface area contributed by atoms with Crippen molar-refractivity contribution in [2.75, 3.05) is 27.4 Å². The number of amides is 1. The Hall–Kier alpha value is -4.00. The van der Waals surface area contributed by atoms with Crippen molar-refractivity contribution < 1.29 is 19.0 Å². The number of aromatic nitrogens is 2. The maximum absolute atomic E-state index is 13.2. The Kier molecular flexibility index (Phi) is 5.15. The third-order valence-corrected chi connectivity index (χ3v) is 5.58. The number of aromatic amines is 1. The van der Waals surface area contributed by atoms with E-state index in [4.69, 9.17) is 14.2 Å². The van der Waals surface area contributed by atoms with Gasteiger partial charge in [0.15, 0.2) is 11.5 Å². The molecule has 7 heteroatoms. The molecule has 3 aromatic carbocycles. The van der Waals surface area contributed by atoms with Crippen LogP contribution in [-0.2, 0) is 6.54 Å². The maximum atomic E-state index is 13.2. The summed E-state index contributed by atoms with van der Waals surface area (Å²) in [6, 6.07) is 17.8. The van der Waals surface area contributed by atoms with Gasteiger partial charge in [0.2, 0.25) is 0 Å². The largest absolute Gasteiger partial charge is 0.497 e. The smallest absolute Gasteiger partial charge is 0.257 e. The van der Waals surface area contributed by atoms with Gasteiger partial charge in [0.05, 0.1) is 24.6 Å². The summed E-state index contributed by atoms with van der Waals surface area (Å²) in [5.41, 5.74) is 3.03. The van der Waals surface area contributed by atoms with Gasteiger partial charge < -0.3 is 19.1 Å². The minimum Gasteiger partial charge on any atom is -0.497 e. The van der Waals surface area contributed by atoms with Crippen LogP contribution < -0.4 is 14.2 Å². The van der Waals surface area contributed by atoms with Crippen LogP contribution in [0.4, 0.5) is 0 Å². The highest BCUT2D eigenvalue weighted by Gasteiger charge is 2.21. The molecule has 1 aromatic heterocycles. The summed E-state index contributed by atoms with van der Waals surface area (Å²) < 4.78 is 16.6. The number of carbonyl (C=O) groups is 1. The number of hydrogen-bond acceptors (Lipinski definition) is 5. The number of rotatable bonds is 5. The molecule has 1 N–H and O–H groups in total. The Morgan fingerprint density at radius 1 is 1.03 bits per heavy atom. The molecule has 0 fully saturated rings. The molecule has 4 aromatic rings. The molecule has 0 aliphatic carbocycles. The summed E-state index contributed by atoms with van der Waals surface area (Å²) in [4.78, 5) is 14.9. The van der Waals surface area contributed by atoms with Crippen LogP contribution in [0.3, 0.4) is 0 Å². The summed E-state index contributed by atoms with van der Waals surface area (Å²) in [5.74, 6) is 2.09. The fraction of sp³-hybridized carbons (Fsp3) is 0.200. The van der Waals surface area contributed by atoms with Crippen LogP contribution in [0.25, 0.3) is 22.0 Å². The van der Waals surface area contributed by atoms with Gasteiger partial charge in [-0.25, -0.2) is 0 Å². The highest BCUT2D eigenvalue weighted by Crippen LogP contribution is 2.35. The van der Waals surface area contributed by atoms with Crippen LogP contribution in [0.15, 0.2) is 60.8 Å². The summed E-state index contributed by atoms with van der Waals surface area (Å²) in [6.45, 7) is 1.52. The van der Waals surface area contributed by atoms with E-state index in [9.17, 15) is 4.79 Å². The first-order valence-electron chi connectivity index (χ1n) is 10.4. The van der Waals surface area contributed by atoms with Crippen molar-refractivity contribution in [1.82, 2.24) is 15.1 Å². The summed E-state index contributed by atoms with van der Waals surface area (Å²) >= 11 is 0. The van der Waals surface area contributed by atoms with Crippen molar-refractivity contribution >= 4 is 16.7 Å². The molecule has 1 aliphatic rings. The Labute approximate surface area is 185 Å². The number of ether oxygens (including phenoxy) is 3. The van der Waals surface area contributed by atoms with E-state index in [2.05, 4.69) is 16.3 Å². The van der Waals surface area contributed by atoms with E-state index >= 15 is 0 Å². The molecular formula is C25H23N3O4. The molecule has 1 aliphatic heterocycles. The molecule has 7 nitrogen and oxygen atoms in total. The lowest BCUT2D eigenvalue weighted by atomic mass is 10.0. The van der Waals surface area contributed by atoms with Crippen LogP contribution >= 0.6 is 0 Å². The van der Waals surface area contributed by atoms with E-state index in [-0.39, 0.29) is 5.91 Å². The second kappa shape index (κ2) is 8.26. The fourth-order valence-electron chi connectivity index (χ4n) is 3.92. The zero-order chi connectivity index (χ0) is 22.1. The number of fused-ring (bicyclic) bond motifs is 2. The van der Waals surface area contributed by atoms with Crippen molar-refractivity contribution in [3.63, 3.8) is 0 Å². The third-order valence-electron chi connectivity index (χ3n) is 5.58. The minimum absolute atomic E-state index is 0.113. The lowest BCUT2D eigenvalue weighted by Gasteiger charge is -2.20. The van der Waals surface area contributed by atoms with Crippen molar-refractivity contribution in [2.24, 2.45) is 0 Å². The number of nitrogens with one attached hydrogen (secondary N) is 1. The fourth-order valence-corrected chi connectivity index (χ4v) is 3.92. The average molecular weight is 429 g/mol. The minimum atomic E-state index is -0.113. The molecule has 162 valence electrons. The topological polar surface area (TPSA) is 76.7 Å². The zero-order valence-electron chi connectivity index (χ0n) is 17.9. The molecule has 0 atom stereocenters. The molecule has 0 spiro atoms. The van der Waals surface area contributed by atoms with Gasteiger partial charge >= 0.3 is 0 Å². The number of carbonyl (C=O) groups excluding carboxylic acids is 1. The SMILES string of the molecule is COc1ccc2cc(CN(C)C(=O)c3cn[nH]c3-c3ccc4c(c3)OCCO4)ccc2c1. The lowest BCUT2D eigenvalue weighted by Crippen LogP contribution is -2.26. The molecule has 0 unspecified atom stereocenters. The molecule has 0 bridgehead atoms. The van der Waals surface area contributed by atoms with E-state index < -0.39 is 0 Å². The number of hydrogen-bond donors (Lipinski definition) is 1. The Bertz CT molecular complexity index is 1300. The van der Waals surface area contributed by atoms with Crippen LogP contribution in [0, 0.1) is 0 Å². The number of benzene rings is 3. The quantitative estimate of drug-likeness (QED) is 0.512. The molecule has 2 heterocycles. The Morgan fingerprint density at radius 3 is 2.66 bits per heavy atom. The first-order valence-corrected chi connectivity index (χ1v) is 10.4. The predicted octanol–water partition coefficient (Wildman–Crippen LogP) is 4.28. The highest BCUT2D eigenvalue weighted by atomic mass is 16.6. The van der Waals surface area contributed by atoms with Gasteiger partial charge in [0, 0.05) is 19.2 Å². The number of methoxy groups -OCH3 is 1. The molecule has 32 heavy (non-hydrogen) atoms. The van der Waals surface area contributed by atoms with E-state index in [0.29, 0.717) is 42.5 Å². The molecule has 0 radical (unpaired) electrons. The first kappa shape index (κ1) is 19.9. The second-order valence-electron chi connectivity index (χ2n) is 7.73. The molecule has 1 amide bonds. The zero-order valence-corrected chi connectivity index (χ0v) is 17.9. The van der Waals surface area contributed by atoms with Crippen molar-refractivity contribution in [3.8, 4) is 28.5 Å². The van der Waals surface area contributed by atoms with Crippen LogP contribution in [0.2, 0.25) is 0 Å². The standard InChI is InChI=1S/C25H23N3O4/c1-28(15-16-3-4-18-12-20(30-2)7-5-17(18)11-16)25(29)21-14-26-27-24(21)19-6-8-22-23(13-19)32-10-9-31-22/h3-8,11-14H,9-10,15H2,1-2H3,(H,26,27). The van der Waals surface area contributed by atoms with Gasteiger partial charge in [-0.2, -0.15) is 5.10 Å². The monoisotopic (exact) mass is 429 g/mol. The van der Waals surface area contributed by atoms with Gasteiger partial charge in [-0.1, -0.05) is 18.2 Å². The summed E-state index contributed by atoms with van der Waals surface area (Å²) in [6.07, 6.45) is 1.57. The van der Waals surface area contributed by atoms with E-state index in [1.165, 1.54) is 0 Å². The predicted molar refractivity (Wildman–Crippen MR) is 121 cm³/mol. The summed E-state index contributed by atoms with van der Waals surface area (Å²) in [7, 11) is 3.45. The Morgan fingerprint density at radius 2 is 1.81 bits per heavy atom. The first-order chi connectivity index (χ1) is 15.6. The number of nitrogens with zero attached hydrogens (tertiary/aromatic N) is 2. The van der Waals surface area contributed by atoms with E-state index in [1.807, 2.05) is 48.5 Å². The van der Waals surface area contributed by atoms with Crippen molar-refractivity contribution in [1.29, 1.82) is 0 Å². The normalized spacial score (nSPS) is 12.6. The van der Waals surface area contributed by atoms with Crippen molar-refractivity contribution in [2.45, 2.75) is 6.54 Å². The van der Waals surface area contributed by atoms with Crippen molar-refractivity contribution in [3.05, 3.63) is 71.9 Å². The van der Waals surface area contributed by atoms with Gasteiger partial charge in [0.1, 0.15) is 19.0 Å². The number of H-pyrrole nitrogens is 1. The lowest BCUT2D eigenvalue weighted by molar-refractivity contribution is 0.0786. The van der Waals surface area contributed by atoms with Crippen LogP contribution in [0.1, 0.15) is 15.9 Å². The van der Waals surface area contributed by atoms with Crippen LogP contribution in [0.5, 0.6) is 17.2 Å². The third kappa shape index (κ3) is 3.73. The Balaban J connectivity index is 1.37. The van der Waals surface area contributed by atoms with E-state index in [0.717, 1.165) is 27.6 Å². The van der Waals surface area contributed by atoms with Gasteiger partial charge in [-0.3, -0.25) is 9.89 Å². The highest BCUT2D eigenvalue weighted by molar-refractivity contribution is 5.99. The average Bonchev–Trinajstić information content (AvgIpc) is 3.32. The molecule has 0 saturated carbocycles. The second-order valence-corrected chi connectivity index (χ2v) is 7.73.